The van der Waals surface area contributed by atoms with Crippen LogP contribution >= 0.6 is 0 Å². The van der Waals surface area contributed by atoms with Gasteiger partial charge in [-0.1, -0.05) is 30.3 Å². The fourth-order valence-electron chi connectivity index (χ4n) is 3.48. The van der Waals surface area contributed by atoms with Gasteiger partial charge in [0.15, 0.2) is 0 Å². The molecule has 0 aliphatic rings. The van der Waals surface area contributed by atoms with Crippen LogP contribution in [0.5, 0.6) is 0 Å². The molecule has 0 N–H and O–H groups in total. The third-order valence-corrected chi connectivity index (χ3v) is 4.77. The van der Waals surface area contributed by atoms with E-state index in [-0.39, 0.29) is 0 Å². The summed E-state index contributed by atoms with van der Waals surface area (Å²) in [6.45, 7) is 1.99. The molecule has 0 unspecified atom stereocenters. The molecule has 0 radical (unpaired) electrons. The summed E-state index contributed by atoms with van der Waals surface area (Å²) in [6.07, 6.45) is 0.885. The number of para-hydroxylation sites is 1. The molecule has 0 saturated heterocycles. The van der Waals surface area contributed by atoms with Gasteiger partial charge in [-0.15, -0.1) is 0 Å². The maximum absolute atomic E-state index is 11.5. The van der Waals surface area contributed by atoms with Crippen molar-refractivity contribution in [1.29, 1.82) is 0 Å². The number of fused-ring (bicyclic) bond motifs is 1. The summed E-state index contributed by atoms with van der Waals surface area (Å²) in [5.74, 6) is 0.893. The van der Waals surface area contributed by atoms with E-state index in [9.17, 15) is 4.79 Å². The van der Waals surface area contributed by atoms with E-state index in [0.29, 0.717) is 5.56 Å². The van der Waals surface area contributed by atoms with Gasteiger partial charge in [-0.05, 0) is 48.9 Å². The highest BCUT2D eigenvalue weighted by atomic mass is 16.1. The zero-order valence-electron chi connectivity index (χ0n) is 15.7. The number of carbonyl (C=O) groups excluding carboxylic acids is 1. The van der Waals surface area contributed by atoms with E-state index >= 15 is 0 Å². The van der Waals surface area contributed by atoms with Crippen LogP contribution in [0.4, 0.5) is 5.69 Å². The second-order valence-corrected chi connectivity index (χ2v) is 6.83. The zero-order chi connectivity index (χ0) is 19.0. The fraction of sp³-hybridized carbons (Fsp3) is 0.130. The molecular weight excluding hydrogens is 334 g/mol. The molecule has 4 nitrogen and oxygen atoms in total. The first-order valence-electron chi connectivity index (χ1n) is 8.90. The molecule has 3 aromatic carbocycles. The van der Waals surface area contributed by atoms with Gasteiger partial charge in [-0.3, -0.25) is 9.36 Å². The Balaban J connectivity index is 2.07. The van der Waals surface area contributed by atoms with Gasteiger partial charge < -0.3 is 4.90 Å². The van der Waals surface area contributed by atoms with Gasteiger partial charge in [0, 0.05) is 36.6 Å². The number of benzene rings is 3. The summed E-state index contributed by atoms with van der Waals surface area (Å²) in [7, 11) is 4.05. The number of aldehydes is 1. The smallest absolute Gasteiger partial charge is 0.150 e. The number of imidazole rings is 1. The molecule has 27 heavy (non-hydrogen) atoms. The van der Waals surface area contributed by atoms with Crippen molar-refractivity contribution >= 4 is 23.0 Å². The maximum atomic E-state index is 11.5. The Morgan fingerprint density at radius 2 is 1.74 bits per heavy atom. The van der Waals surface area contributed by atoms with Crippen LogP contribution in [0, 0.1) is 6.92 Å². The SMILES string of the molecule is Cc1nc2cc(C=O)cc(-c3cccc(N(C)C)c3)c2n1-c1ccccc1. The molecule has 4 heteroatoms. The number of hydrogen-bond acceptors (Lipinski definition) is 3. The van der Waals surface area contributed by atoms with Gasteiger partial charge in [-0.25, -0.2) is 4.98 Å². The Morgan fingerprint density at radius 1 is 0.963 bits per heavy atom. The molecule has 4 rings (SSSR count). The minimum Gasteiger partial charge on any atom is -0.378 e. The standard InChI is InChI=1S/C23H21N3O/c1-16-24-22-13-17(15-27)12-21(18-8-7-11-20(14-18)25(2)3)23(22)26(16)19-9-5-4-6-10-19/h4-15H,1-3H3. The van der Waals surface area contributed by atoms with Crippen molar-refractivity contribution in [3.63, 3.8) is 0 Å². The minimum atomic E-state index is 0.630. The lowest BCUT2D eigenvalue weighted by molar-refractivity contribution is 0.112. The highest BCUT2D eigenvalue weighted by molar-refractivity contribution is 5.98. The van der Waals surface area contributed by atoms with E-state index in [1.807, 2.05) is 57.4 Å². The molecule has 0 atom stereocenters. The molecule has 0 amide bonds. The Morgan fingerprint density at radius 3 is 2.44 bits per heavy atom. The first-order valence-corrected chi connectivity index (χ1v) is 8.90. The zero-order valence-corrected chi connectivity index (χ0v) is 15.7. The van der Waals surface area contributed by atoms with E-state index in [4.69, 9.17) is 4.98 Å². The van der Waals surface area contributed by atoms with Crippen LogP contribution in [0.1, 0.15) is 16.2 Å². The van der Waals surface area contributed by atoms with Gasteiger partial charge in [-0.2, -0.15) is 0 Å². The van der Waals surface area contributed by atoms with Crippen molar-refractivity contribution in [3.8, 4) is 16.8 Å². The van der Waals surface area contributed by atoms with Crippen LogP contribution in [-0.4, -0.2) is 29.9 Å². The average Bonchev–Trinajstić information content (AvgIpc) is 3.03. The van der Waals surface area contributed by atoms with Crippen molar-refractivity contribution in [3.05, 3.63) is 78.1 Å². The minimum absolute atomic E-state index is 0.630. The van der Waals surface area contributed by atoms with Crippen molar-refractivity contribution < 1.29 is 4.79 Å². The van der Waals surface area contributed by atoms with Crippen molar-refractivity contribution in [2.75, 3.05) is 19.0 Å². The molecule has 134 valence electrons. The molecule has 0 saturated carbocycles. The summed E-state index contributed by atoms with van der Waals surface area (Å²) in [4.78, 5) is 18.3. The van der Waals surface area contributed by atoms with E-state index < -0.39 is 0 Å². The molecule has 0 aliphatic carbocycles. The quantitative estimate of drug-likeness (QED) is 0.490. The van der Waals surface area contributed by atoms with E-state index in [1.165, 1.54) is 0 Å². The number of anilines is 1. The normalized spacial score (nSPS) is 10.9. The Labute approximate surface area is 158 Å². The largest absolute Gasteiger partial charge is 0.378 e. The van der Waals surface area contributed by atoms with E-state index in [2.05, 4.69) is 39.8 Å². The molecule has 0 aliphatic heterocycles. The third-order valence-electron chi connectivity index (χ3n) is 4.77. The number of hydrogen-bond donors (Lipinski definition) is 0. The summed E-state index contributed by atoms with van der Waals surface area (Å²) in [5.41, 5.74) is 6.70. The summed E-state index contributed by atoms with van der Waals surface area (Å²) >= 11 is 0. The lowest BCUT2D eigenvalue weighted by atomic mass is 10.0. The monoisotopic (exact) mass is 355 g/mol. The maximum Gasteiger partial charge on any atom is 0.150 e. The number of carbonyl (C=O) groups is 1. The molecule has 0 spiro atoms. The number of nitrogens with zero attached hydrogens (tertiary/aromatic N) is 3. The first-order chi connectivity index (χ1) is 13.1. The van der Waals surface area contributed by atoms with Crippen LogP contribution in [0.15, 0.2) is 66.7 Å². The van der Waals surface area contributed by atoms with Gasteiger partial charge in [0.05, 0.1) is 11.0 Å². The average molecular weight is 355 g/mol. The van der Waals surface area contributed by atoms with Crippen LogP contribution in [0.25, 0.3) is 27.8 Å². The second-order valence-electron chi connectivity index (χ2n) is 6.83. The molecule has 0 bridgehead atoms. The number of aromatic nitrogens is 2. The predicted octanol–water partition coefficient (Wildman–Crippen LogP) is 4.88. The van der Waals surface area contributed by atoms with Gasteiger partial charge in [0.1, 0.15) is 12.1 Å². The summed E-state index contributed by atoms with van der Waals surface area (Å²) < 4.78 is 2.15. The van der Waals surface area contributed by atoms with Crippen LogP contribution in [0.3, 0.4) is 0 Å². The highest BCUT2D eigenvalue weighted by Crippen LogP contribution is 2.34. The molecule has 0 fully saturated rings. The molecule has 4 aromatic rings. The predicted molar refractivity (Wildman–Crippen MR) is 111 cm³/mol. The summed E-state index contributed by atoms with van der Waals surface area (Å²) in [5, 5.41) is 0. The molecular formula is C23H21N3O. The lowest BCUT2D eigenvalue weighted by Gasteiger charge is -2.15. The molecule has 1 aromatic heterocycles. The highest BCUT2D eigenvalue weighted by Gasteiger charge is 2.16. The summed E-state index contributed by atoms with van der Waals surface area (Å²) in [6, 6.07) is 22.3. The van der Waals surface area contributed by atoms with Crippen molar-refractivity contribution in [1.82, 2.24) is 9.55 Å². The van der Waals surface area contributed by atoms with Crippen molar-refractivity contribution in [2.45, 2.75) is 6.92 Å². The van der Waals surface area contributed by atoms with Crippen LogP contribution in [-0.2, 0) is 0 Å². The Bertz CT molecular complexity index is 1130. The van der Waals surface area contributed by atoms with Crippen LogP contribution in [0.2, 0.25) is 0 Å². The van der Waals surface area contributed by atoms with Crippen molar-refractivity contribution in [2.24, 2.45) is 0 Å². The van der Waals surface area contributed by atoms with Crippen LogP contribution < -0.4 is 4.90 Å². The van der Waals surface area contributed by atoms with Gasteiger partial charge in [0.2, 0.25) is 0 Å². The Hall–Kier alpha value is -3.40. The van der Waals surface area contributed by atoms with Gasteiger partial charge in [0.25, 0.3) is 0 Å². The topological polar surface area (TPSA) is 38.1 Å². The lowest BCUT2D eigenvalue weighted by Crippen LogP contribution is -2.08. The molecule has 1 heterocycles. The number of aryl methyl sites for hydroxylation is 1. The Kier molecular flexibility index (Phi) is 4.24. The van der Waals surface area contributed by atoms with E-state index in [1.54, 1.807) is 0 Å². The number of rotatable bonds is 4. The first kappa shape index (κ1) is 17.0. The van der Waals surface area contributed by atoms with E-state index in [0.717, 1.165) is 45.6 Å². The fourth-order valence-corrected chi connectivity index (χ4v) is 3.48. The second kappa shape index (κ2) is 6.72. The van der Waals surface area contributed by atoms with Gasteiger partial charge >= 0.3 is 0 Å². The third kappa shape index (κ3) is 2.99.